The Kier molecular flexibility index (Phi) is 4.26. The monoisotopic (exact) mass is 203 g/mol. The number of nitrogens with zero attached hydrogens (tertiary/aromatic N) is 3. The summed E-state index contributed by atoms with van der Waals surface area (Å²) in [5, 5.41) is 11.7. The molecule has 0 radical (unpaired) electrons. The van der Waals surface area contributed by atoms with Gasteiger partial charge in [0.2, 0.25) is 5.95 Å². The zero-order valence-electron chi connectivity index (χ0n) is 8.57. The quantitative estimate of drug-likeness (QED) is 0.699. The molecule has 1 aromatic rings. The van der Waals surface area contributed by atoms with Crippen molar-refractivity contribution >= 4 is 5.95 Å². The van der Waals surface area contributed by atoms with Crippen LogP contribution < -0.4 is 11.1 Å². The van der Waals surface area contributed by atoms with Gasteiger partial charge in [-0.1, -0.05) is 12.2 Å². The number of rotatable bonds is 4. The number of anilines is 1. The fourth-order valence-electron chi connectivity index (χ4n) is 1.03. The molecule has 3 N–H and O–H groups in total. The van der Waals surface area contributed by atoms with Crippen molar-refractivity contribution in [2.75, 3.05) is 18.4 Å². The van der Waals surface area contributed by atoms with Gasteiger partial charge in [0.1, 0.15) is 11.8 Å². The molecule has 0 saturated heterocycles. The molecular formula is C10H13N5. The molecule has 0 spiro atoms. The minimum Gasteiger partial charge on any atom is -0.351 e. The lowest BCUT2D eigenvalue weighted by Crippen LogP contribution is -2.05. The van der Waals surface area contributed by atoms with Gasteiger partial charge in [-0.25, -0.2) is 9.97 Å². The second-order valence-corrected chi connectivity index (χ2v) is 2.92. The highest BCUT2D eigenvalue weighted by molar-refractivity contribution is 5.33. The summed E-state index contributed by atoms with van der Waals surface area (Å²) in [7, 11) is 0. The fourth-order valence-corrected chi connectivity index (χ4v) is 1.03. The molecule has 5 nitrogen and oxygen atoms in total. The Morgan fingerprint density at radius 1 is 1.53 bits per heavy atom. The van der Waals surface area contributed by atoms with E-state index >= 15 is 0 Å². The Morgan fingerprint density at radius 2 is 2.33 bits per heavy atom. The molecule has 0 unspecified atom stereocenters. The lowest BCUT2D eigenvalue weighted by atomic mass is 10.3. The van der Waals surface area contributed by atoms with Gasteiger partial charge in [-0.3, -0.25) is 0 Å². The van der Waals surface area contributed by atoms with Crippen LogP contribution in [0, 0.1) is 18.3 Å². The molecule has 78 valence electrons. The molecule has 0 aliphatic carbocycles. The molecular weight excluding hydrogens is 190 g/mol. The van der Waals surface area contributed by atoms with Crippen LogP contribution in [0.25, 0.3) is 0 Å². The Labute approximate surface area is 88.7 Å². The van der Waals surface area contributed by atoms with E-state index in [9.17, 15) is 0 Å². The predicted octanol–water partition coefficient (Wildman–Crippen LogP) is 0.584. The van der Waals surface area contributed by atoms with Crippen molar-refractivity contribution in [3.05, 3.63) is 29.6 Å². The van der Waals surface area contributed by atoms with Crippen LogP contribution in [0.2, 0.25) is 0 Å². The molecule has 0 fully saturated rings. The molecule has 0 aliphatic rings. The number of aryl methyl sites for hydroxylation is 1. The molecule has 0 bridgehead atoms. The highest BCUT2D eigenvalue weighted by atomic mass is 15.1. The SMILES string of the molecule is Cc1cc(C#N)nc(NC/C=C/CN)n1. The lowest BCUT2D eigenvalue weighted by molar-refractivity contribution is 1.06. The molecule has 0 aliphatic heterocycles. The first-order valence-electron chi connectivity index (χ1n) is 4.61. The number of aromatic nitrogens is 2. The summed E-state index contributed by atoms with van der Waals surface area (Å²) in [4.78, 5) is 8.14. The second-order valence-electron chi connectivity index (χ2n) is 2.92. The van der Waals surface area contributed by atoms with Gasteiger partial charge < -0.3 is 11.1 Å². The summed E-state index contributed by atoms with van der Waals surface area (Å²) < 4.78 is 0. The van der Waals surface area contributed by atoms with Gasteiger partial charge in [0.15, 0.2) is 0 Å². The standard InChI is InChI=1S/C10H13N5/c1-8-6-9(7-12)15-10(14-8)13-5-3-2-4-11/h2-3,6H,4-5,11H2,1H3,(H,13,14,15)/b3-2+. The highest BCUT2D eigenvalue weighted by Crippen LogP contribution is 2.03. The van der Waals surface area contributed by atoms with Crippen molar-refractivity contribution in [1.82, 2.24) is 9.97 Å². The average molecular weight is 203 g/mol. The fraction of sp³-hybridized carbons (Fsp3) is 0.300. The maximum absolute atomic E-state index is 8.70. The summed E-state index contributed by atoms with van der Waals surface area (Å²) in [5.41, 5.74) is 6.43. The van der Waals surface area contributed by atoms with E-state index in [-0.39, 0.29) is 0 Å². The summed E-state index contributed by atoms with van der Waals surface area (Å²) in [6, 6.07) is 3.62. The molecule has 15 heavy (non-hydrogen) atoms. The molecule has 1 aromatic heterocycles. The van der Waals surface area contributed by atoms with Crippen LogP contribution in [0.3, 0.4) is 0 Å². The number of nitrogens with two attached hydrogens (primary N) is 1. The third-order valence-electron chi connectivity index (χ3n) is 1.65. The van der Waals surface area contributed by atoms with E-state index in [1.807, 2.05) is 25.1 Å². The van der Waals surface area contributed by atoms with Gasteiger partial charge in [0.05, 0.1) is 0 Å². The Morgan fingerprint density at radius 3 is 3.00 bits per heavy atom. The van der Waals surface area contributed by atoms with Crippen molar-refractivity contribution in [2.24, 2.45) is 5.73 Å². The maximum atomic E-state index is 8.70. The van der Waals surface area contributed by atoms with Crippen molar-refractivity contribution < 1.29 is 0 Å². The van der Waals surface area contributed by atoms with Crippen LogP contribution in [0.15, 0.2) is 18.2 Å². The second kappa shape index (κ2) is 5.73. The van der Waals surface area contributed by atoms with Crippen molar-refractivity contribution in [3.8, 4) is 6.07 Å². The van der Waals surface area contributed by atoms with Gasteiger partial charge in [0.25, 0.3) is 0 Å². The van der Waals surface area contributed by atoms with Crippen molar-refractivity contribution in [2.45, 2.75) is 6.92 Å². The predicted molar refractivity (Wildman–Crippen MR) is 58.2 cm³/mol. The molecule has 0 atom stereocenters. The van der Waals surface area contributed by atoms with Crippen molar-refractivity contribution in [1.29, 1.82) is 5.26 Å². The summed E-state index contributed by atoms with van der Waals surface area (Å²) in [5.74, 6) is 0.466. The minimum atomic E-state index is 0.368. The Balaban J connectivity index is 2.65. The van der Waals surface area contributed by atoms with E-state index in [0.717, 1.165) is 5.69 Å². The largest absolute Gasteiger partial charge is 0.351 e. The normalized spacial score (nSPS) is 10.2. The van der Waals surface area contributed by atoms with Crippen LogP contribution in [0.5, 0.6) is 0 Å². The smallest absolute Gasteiger partial charge is 0.224 e. The van der Waals surface area contributed by atoms with Gasteiger partial charge >= 0.3 is 0 Å². The van der Waals surface area contributed by atoms with E-state index in [0.29, 0.717) is 24.7 Å². The molecule has 1 rings (SSSR count). The van der Waals surface area contributed by atoms with Crippen LogP contribution in [-0.2, 0) is 0 Å². The topological polar surface area (TPSA) is 87.6 Å². The number of hydrogen-bond donors (Lipinski definition) is 2. The summed E-state index contributed by atoms with van der Waals surface area (Å²) >= 11 is 0. The molecule has 0 aromatic carbocycles. The molecule has 0 amide bonds. The maximum Gasteiger partial charge on any atom is 0.224 e. The number of hydrogen-bond acceptors (Lipinski definition) is 5. The van der Waals surface area contributed by atoms with Crippen LogP contribution in [-0.4, -0.2) is 23.1 Å². The highest BCUT2D eigenvalue weighted by Gasteiger charge is 1.99. The third kappa shape index (κ3) is 3.75. The van der Waals surface area contributed by atoms with Gasteiger partial charge in [-0.05, 0) is 13.0 Å². The summed E-state index contributed by atoms with van der Waals surface area (Å²) in [6.07, 6.45) is 3.73. The summed E-state index contributed by atoms with van der Waals surface area (Å²) in [6.45, 7) is 2.94. The minimum absolute atomic E-state index is 0.368. The third-order valence-corrected chi connectivity index (χ3v) is 1.65. The molecule has 5 heteroatoms. The first kappa shape index (κ1) is 11.1. The average Bonchev–Trinajstić information content (AvgIpc) is 2.23. The van der Waals surface area contributed by atoms with Crippen LogP contribution >= 0.6 is 0 Å². The van der Waals surface area contributed by atoms with E-state index in [2.05, 4.69) is 15.3 Å². The van der Waals surface area contributed by atoms with Gasteiger partial charge in [-0.15, -0.1) is 0 Å². The Hall–Kier alpha value is -1.93. The number of nitrogens with one attached hydrogen (secondary N) is 1. The van der Waals surface area contributed by atoms with Crippen LogP contribution in [0.1, 0.15) is 11.4 Å². The number of nitriles is 1. The van der Waals surface area contributed by atoms with Gasteiger partial charge in [0, 0.05) is 18.8 Å². The van der Waals surface area contributed by atoms with E-state index in [1.165, 1.54) is 0 Å². The molecule has 1 heterocycles. The van der Waals surface area contributed by atoms with E-state index < -0.39 is 0 Å². The zero-order chi connectivity index (χ0) is 11.1. The van der Waals surface area contributed by atoms with Crippen LogP contribution in [0.4, 0.5) is 5.95 Å². The Bertz CT molecular complexity index is 391. The van der Waals surface area contributed by atoms with Crippen molar-refractivity contribution in [3.63, 3.8) is 0 Å². The first-order valence-corrected chi connectivity index (χ1v) is 4.61. The first-order chi connectivity index (χ1) is 7.26. The van der Waals surface area contributed by atoms with E-state index in [4.69, 9.17) is 11.0 Å². The van der Waals surface area contributed by atoms with E-state index in [1.54, 1.807) is 6.07 Å². The lowest BCUT2D eigenvalue weighted by Gasteiger charge is -2.02. The van der Waals surface area contributed by atoms with Gasteiger partial charge in [-0.2, -0.15) is 5.26 Å². The zero-order valence-corrected chi connectivity index (χ0v) is 8.57. The molecule has 0 saturated carbocycles.